The van der Waals surface area contributed by atoms with Gasteiger partial charge in [-0.05, 0) is 56.9 Å². The lowest BCUT2D eigenvalue weighted by atomic mass is 10.1. The quantitative estimate of drug-likeness (QED) is 0.697. The molecular weight excluding hydrogens is 364 g/mol. The summed E-state index contributed by atoms with van der Waals surface area (Å²) in [5, 5.41) is 2.93. The van der Waals surface area contributed by atoms with E-state index in [0.717, 1.165) is 16.7 Å². The number of carbonyl (C=O) groups excluding carboxylic acids is 2. The van der Waals surface area contributed by atoms with E-state index in [9.17, 15) is 9.59 Å². The summed E-state index contributed by atoms with van der Waals surface area (Å²) < 4.78 is 5.83. The maximum atomic E-state index is 13.1. The van der Waals surface area contributed by atoms with Crippen LogP contribution in [0.4, 0.5) is 0 Å². The number of hydrogen-bond acceptors (Lipinski definition) is 3. The van der Waals surface area contributed by atoms with Crippen molar-refractivity contribution in [1.29, 1.82) is 0 Å². The van der Waals surface area contributed by atoms with Gasteiger partial charge in [-0.2, -0.15) is 0 Å². The molecule has 0 heterocycles. The second-order valence-electron chi connectivity index (χ2n) is 7.58. The Labute approximate surface area is 174 Å². The van der Waals surface area contributed by atoms with E-state index in [-0.39, 0.29) is 24.5 Å². The molecule has 1 N–H and O–H groups in total. The van der Waals surface area contributed by atoms with Crippen LogP contribution in [0.1, 0.15) is 43.9 Å². The van der Waals surface area contributed by atoms with Gasteiger partial charge in [-0.15, -0.1) is 0 Å². The summed E-state index contributed by atoms with van der Waals surface area (Å²) >= 11 is 0. The summed E-state index contributed by atoms with van der Waals surface area (Å²) in [5.41, 5.74) is 3.10. The van der Waals surface area contributed by atoms with Crippen LogP contribution in [0.5, 0.6) is 5.75 Å². The van der Waals surface area contributed by atoms with Crippen LogP contribution in [0.15, 0.2) is 48.5 Å². The topological polar surface area (TPSA) is 58.6 Å². The minimum Gasteiger partial charge on any atom is -0.483 e. The SMILES string of the molecule is CC[C@H](C(=O)NC(C)C)N(Cc1ccccc1)C(=O)COc1cccc(C)c1C. The number of aryl methyl sites for hydroxylation is 1. The molecule has 2 amide bonds. The Morgan fingerprint density at radius 2 is 1.72 bits per heavy atom. The van der Waals surface area contributed by atoms with Gasteiger partial charge in [0.05, 0.1) is 0 Å². The number of rotatable bonds is 9. The Bertz CT molecular complexity index is 818. The van der Waals surface area contributed by atoms with Crippen LogP contribution < -0.4 is 10.1 Å². The standard InChI is InChI=1S/C24H32N2O3/c1-6-21(24(28)25-17(2)3)26(15-20-12-8-7-9-13-20)23(27)16-29-22-14-10-11-18(4)19(22)5/h7-14,17,21H,6,15-16H2,1-5H3,(H,25,28)/t21-/m1/s1. The molecular formula is C24H32N2O3. The van der Waals surface area contributed by atoms with Crippen molar-refractivity contribution in [2.24, 2.45) is 0 Å². The van der Waals surface area contributed by atoms with Crippen LogP contribution in [0, 0.1) is 13.8 Å². The zero-order valence-corrected chi connectivity index (χ0v) is 18.1. The van der Waals surface area contributed by atoms with Gasteiger partial charge in [-0.25, -0.2) is 0 Å². The van der Waals surface area contributed by atoms with Gasteiger partial charge in [-0.3, -0.25) is 9.59 Å². The number of carbonyl (C=O) groups is 2. The molecule has 0 unspecified atom stereocenters. The molecule has 0 aliphatic carbocycles. The fourth-order valence-electron chi connectivity index (χ4n) is 3.18. The predicted molar refractivity (Wildman–Crippen MR) is 116 cm³/mol. The molecule has 2 rings (SSSR count). The van der Waals surface area contributed by atoms with Gasteiger partial charge in [-0.1, -0.05) is 49.4 Å². The zero-order valence-electron chi connectivity index (χ0n) is 18.1. The van der Waals surface area contributed by atoms with E-state index in [4.69, 9.17) is 4.74 Å². The highest BCUT2D eigenvalue weighted by molar-refractivity contribution is 5.88. The third kappa shape index (κ3) is 6.34. The average molecular weight is 397 g/mol. The lowest BCUT2D eigenvalue weighted by Crippen LogP contribution is -2.51. The molecule has 5 nitrogen and oxygen atoms in total. The number of nitrogens with zero attached hydrogens (tertiary/aromatic N) is 1. The first-order valence-corrected chi connectivity index (χ1v) is 10.2. The molecule has 0 bridgehead atoms. The van der Waals surface area contributed by atoms with E-state index < -0.39 is 6.04 Å². The van der Waals surface area contributed by atoms with Crippen LogP contribution in [-0.2, 0) is 16.1 Å². The zero-order chi connectivity index (χ0) is 21.4. The monoisotopic (exact) mass is 396 g/mol. The molecule has 0 saturated heterocycles. The van der Waals surface area contributed by atoms with E-state index in [0.29, 0.717) is 18.7 Å². The summed E-state index contributed by atoms with van der Waals surface area (Å²) in [5.74, 6) is 0.344. The molecule has 0 aromatic heterocycles. The normalized spacial score (nSPS) is 11.8. The molecule has 1 atom stereocenters. The Hall–Kier alpha value is -2.82. The van der Waals surface area contributed by atoms with Gasteiger partial charge >= 0.3 is 0 Å². The van der Waals surface area contributed by atoms with Crippen molar-refractivity contribution < 1.29 is 14.3 Å². The Kier molecular flexibility index (Phi) is 8.25. The van der Waals surface area contributed by atoms with Crippen molar-refractivity contribution in [3.63, 3.8) is 0 Å². The van der Waals surface area contributed by atoms with Crippen molar-refractivity contribution in [3.05, 3.63) is 65.2 Å². The van der Waals surface area contributed by atoms with E-state index in [1.807, 2.05) is 83.1 Å². The van der Waals surface area contributed by atoms with Gasteiger partial charge < -0.3 is 15.0 Å². The van der Waals surface area contributed by atoms with Gasteiger partial charge in [0.2, 0.25) is 5.91 Å². The van der Waals surface area contributed by atoms with Gasteiger partial charge in [0, 0.05) is 12.6 Å². The molecule has 2 aromatic rings. The highest BCUT2D eigenvalue weighted by Gasteiger charge is 2.29. The van der Waals surface area contributed by atoms with E-state index in [1.165, 1.54) is 0 Å². The average Bonchev–Trinajstić information content (AvgIpc) is 2.69. The molecule has 0 saturated carbocycles. The number of hydrogen-bond donors (Lipinski definition) is 1. The molecule has 0 radical (unpaired) electrons. The molecule has 0 spiro atoms. The molecule has 0 fully saturated rings. The Balaban J connectivity index is 2.21. The van der Waals surface area contributed by atoms with E-state index in [2.05, 4.69) is 5.32 Å². The van der Waals surface area contributed by atoms with Crippen LogP contribution >= 0.6 is 0 Å². The molecule has 0 aliphatic heterocycles. The van der Waals surface area contributed by atoms with Gasteiger partial charge in [0.15, 0.2) is 6.61 Å². The maximum absolute atomic E-state index is 13.1. The largest absolute Gasteiger partial charge is 0.483 e. The smallest absolute Gasteiger partial charge is 0.261 e. The number of benzene rings is 2. The number of nitrogens with one attached hydrogen (secondary N) is 1. The highest BCUT2D eigenvalue weighted by atomic mass is 16.5. The van der Waals surface area contributed by atoms with Gasteiger partial charge in [0.1, 0.15) is 11.8 Å². The first-order valence-electron chi connectivity index (χ1n) is 10.2. The Morgan fingerprint density at radius 3 is 2.34 bits per heavy atom. The summed E-state index contributed by atoms with van der Waals surface area (Å²) in [7, 11) is 0. The summed E-state index contributed by atoms with van der Waals surface area (Å²) in [6.07, 6.45) is 0.528. The fraction of sp³-hybridized carbons (Fsp3) is 0.417. The van der Waals surface area contributed by atoms with Crippen molar-refractivity contribution in [3.8, 4) is 5.75 Å². The van der Waals surface area contributed by atoms with Crippen LogP contribution in [0.3, 0.4) is 0 Å². The maximum Gasteiger partial charge on any atom is 0.261 e. The predicted octanol–water partition coefficient (Wildman–Crippen LogP) is 4.01. The fourth-order valence-corrected chi connectivity index (χ4v) is 3.18. The highest BCUT2D eigenvalue weighted by Crippen LogP contribution is 2.21. The first-order chi connectivity index (χ1) is 13.8. The van der Waals surface area contributed by atoms with Crippen molar-refractivity contribution >= 4 is 11.8 Å². The Morgan fingerprint density at radius 1 is 1.03 bits per heavy atom. The van der Waals surface area contributed by atoms with Gasteiger partial charge in [0.25, 0.3) is 5.91 Å². The number of amides is 2. The third-order valence-electron chi connectivity index (χ3n) is 4.92. The summed E-state index contributed by atoms with van der Waals surface area (Å²) in [6, 6.07) is 15.0. The minimum atomic E-state index is -0.549. The van der Waals surface area contributed by atoms with Crippen molar-refractivity contribution in [2.75, 3.05) is 6.61 Å². The van der Waals surface area contributed by atoms with E-state index in [1.54, 1.807) is 4.90 Å². The molecule has 29 heavy (non-hydrogen) atoms. The third-order valence-corrected chi connectivity index (χ3v) is 4.92. The minimum absolute atomic E-state index is 0.0106. The second kappa shape index (κ2) is 10.6. The van der Waals surface area contributed by atoms with Crippen molar-refractivity contribution in [1.82, 2.24) is 10.2 Å². The lowest BCUT2D eigenvalue weighted by Gasteiger charge is -2.31. The second-order valence-corrected chi connectivity index (χ2v) is 7.58. The number of ether oxygens (including phenoxy) is 1. The summed E-state index contributed by atoms with van der Waals surface area (Å²) in [6.45, 7) is 9.98. The molecule has 5 heteroatoms. The van der Waals surface area contributed by atoms with Crippen molar-refractivity contribution in [2.45, 2.75) is 59.7 Å². The summed E-state index contributed by atoms with van der Waals surface area (Å²) in [4.78, 5) is 27.5. The van der Waals surface area contributed by atoms with Crippen LogP contribution in [0.2, 0.25) is 0 Å². The lowest BCUT2D eigenvalue weighted by molar-refractivity contribution is -0.143. The van der Waals surface area contributed by atoms with Crippen LogP contribution in [0.25, 0.3) is 0 Å². The molecule has 2 aromatic carbocycles. The van der Waals surface area contributed by atoms with Crippen LogP contribution in [-0.4, -0.2) is 35.4 Å². The first kappa shape index (κ1) is 22.5. The molecule has 0 aliphatic rings. The molecule has 156 valence electrons. The van der Waals surface area contributed by atoms with E-state index >= 15 is 0 Å².